The van der Waals surface area contributed by atoms with Crippen molar-refractivity contribution in [1.29, 1.82) is 0 Å². The van der Waals surface area contributed by atoms with Crippen molar-refractivity contribution >= 4 is 27.4 Å². The average molecular weight is 413 g/mol. The quantitative estimate of drug-likeness (QED) is 0.388. The molecule has 154 valence electrons. The van der Waals surface area contributed by atoms with Gasteiger partial charge >= 0.3 is 5.97 Å². The van der Waals surface area contributed by atoms with E-state index in [1.54, 1.807) is 17.4 Å². The van der Waals surface area contributed by atoms with Crippen LogP contribution in [0.3, 0.4) is 0 Å². The first kappa shape index (κ1) is 21.5. The van der Waals surface area contributed by atoms with Gasteiger partial charge in [0.15, 0.2) is 0 Å². The van der Waals surface area contributed by atoms with E-state index in [1.165, 1.54) is 0 Å². The van der Waals surface area contributed by atoms with Gasteiger partial charge in [-0.2, -0.15) is 0 Å². The number of unbranched alkanes of at least 4 members (excludes halogenated alkanes) is 1. The number of carbonyl (C=O) groups is 1. The zero-order valence-corrected chi connectivity index (χ0v) is 17.2. The van der Waals surface area contributed by atoms with E-state index in [9.17, 15) is 15.0 Å². The fourth-order valence-corrected chi connectivity index (χ4v) is 4.92. The van der Waals surface area contributed by atoms with Gasteiger partial charge in [-0.25, -0.2) is 0 Å². The standard InChI is InChI=1S/C24H28O4S/c1-16-14-21(26)19(18(16)9-4-2-3-5-11-24(27)28)12-13-20(25)23-15-17-8-6-7-10-22(17)29-23/h2,4,6-8,10,12-13,15,18-21,25-26H,1,3,5,9,11,14H2,(H,27,28)/b4-2-,13-12+/t18-,19+,20+,21+/m0/s1. The van der Waals surface area contributed by atoms with Gasteiger partial charge in [-0.1, -0.05) is 54.7 Å². The van der Waals surface area contributed by atoms with Crippen LogP contribution in [0.5, 0.6) is 0 Å². The molecule has 0 radical (unpaired) electrons. The number of carboxylic acids is 1. The number of carboxylic acid groups (broad SMARTS) is 1. The average Bonchev–Trinajstić information content (AvgIpc) is 3.23. The molecule has 1 aliphatic rings. The van der Waals surface area contributed by atoms with E-state index in [0.29, 0.717) is 12.8 Å². The second-order valence-electron chi connectivity index (χ2n) is 7.62. The Bertz CT molecular complexity index is 877. The maximum absolute atomic E-state index is 10.6. The Morgan fingerprint density at radius 2 is 2.10 bits per heavy atom. The molecule has 4 atom stereocenters. The molecular weight excluding hydrogens is 384 g/mol. The molecule has 0 saturated heterocycles. The Kier molecular flexibility index (Phi) is 7.42. The first-order valence-corrected chi connectivity index (χ1v) is 10.8. The Hall–Kier alpha value is -2.21. The third-order valence-corrected chi connectivity index (χ3v) is 6.66. The predicted molar refractivity (Wildman–Crippen MR) is 118 cm³/mol. The van der Waals surface area contributed by atoms with Crippen LogP contribution in [0, 0.1) is 11.8 Å². The summed E-state index contributed by atoms with van der Waals surface area (Å²) < 4.78 is 1.15. The minimum atomic E-state index is -0.770. The molecular formula is C24H28O4S. The van der Waals surface area contributed by atoms with Crippen molar-refractivity contribution in [2.75, 3.05) is 0 Å². The van der Waals surface area contributed by atoms with Crippen LogP contribution >= 0.6 is 11.3 Å². The van der Waals surface area contributed by atoms with Gasteiger partial charge in [-0.15, -0.1) is 11.3 Å². The van der Waals surface area contributed by atoms with Crippen LogP contribution in [0.4, 0.5) is 0 Å². The summed E-state index contributed by atoms with van der Waals surface area (Å²) in [5.74, 6) is -0.713. The molecule has 1 aromatic carbocycles. The highest BCUT2D eigenvalue weighted by atomic mass is 32.1. The lowest BCUT2D eigenvalue weighted by molar-refractivity contribution is -0.137. The van der Waals surface area contributed by atoms with E-state index >= 15 is 0 Å². The van der Waals surface area contributed by atoms with Crippen LogP contribution in [-0.2, 0) is 4.79 Å². The Labute approximate surface area is 175 Å². The number of thiophene rings is 1. The number of allylic oxidation sites excluding steroid dienone is 2. The molecule has 5 heteroatoms. The molecule has 4 nitrogen and oxygen atoms in total. The van der Waals surface area contributed by atoms with E-state index in [0.717, 1.165) is 33.4 Å². The zero-order valence-electron chi connectivity index (χ0n) is 16.4. The van der Waals surface area contributed by atoms with Gasteiger partial charge in [0.25, 0.3) is 0 Å². The second-order valence-corrected chi connectivity index (χ2v) is 8.74. The summed E-state index contributed by atoms with van der Waals surface area (Å²) in [7, 11) is 0. The number of hydrogen-bond acceptors (Lipinski definition) is 4. The van der Waals surface area contributed by atoms with E-state index < -0.39 is 18.2 Å². The summed E-state index contributed by atoms with van der Waals surface area (Å²) in [6, 6.07) is 10.1. The number of rotatable bonds is 9. The zero-order chi connectivity index (χ0) is 20.8. The van der Waals surface area contributed by atoms with Gasteiger partial charge in [-0.05, 0) is 49.1 Å². The number of aliphatic hydroxyl groups is 2. The topological polar surface area (TPSA) is 77.8 Å². The Balaban J connectivity index is 1.61. The number of fused-ring (bicyclic) bond motifs is 1. The van der Waals surface area contributed by atoms with Crippen molar-refractivity contribution in [3.63, 3.8) is 0 Å². The number of aliphatic carboxylic acids is 1. The fourth-order valence-electron chi connectivity index (χ4n) is 3.89. The monoisotopic (exact) mass is 412 g/mol. The molecule has 0 amide bonds. The minimum absolute atomic E-state index is 0.0739. The molecule has 1 saturated carbocycles. The number of aliphatic hydroxyl groups excluding tert-OH is 2. The second kappa shape index (κ2) is 10.0. The van der Waals surface area contributed by atoms with Crippen molar-refractivity contribution in [3.8, 4) is 0 Å². The maximum atomic E-state index is 10.6. The van der Waals surface area contributed by atoms with Crippen LogP contribution < -0.4 is 0 Å². The van der Waals surface area contributed by atoms with Crippen LogP contribution in [0.2, 0.25) is 0 Å². The van der Waals surface area contributed by atoms with Gasteiger partial charge in [0.1, 0.15) is 6.10 Å². The molecule has 1 heterocycles. The van der Waals surface area contributed by atoms with Crippen molar-refractivity contribution in [2.24, 2.45) is 11.8 Å². The van der Waals surface area contributed by atoms with E-state index in [2.05, 4.69) is 12.7 Å². The van der Waals surface area contributed by atoms with Crippen LogP contribution in [0.15, 0.2) is 66.8 Å². The van der Waals surface area contributed by atoms with Crippen molar-refractivity contribution in [1.82, 2.24) is 0 Å². The van der Waals surface area contributed by atoms with Gasteiger partial charge in [-0.3, -0.25) is 4.79 Å². The highest BCUT2D eigenvalue weighted by Gasteiger charge is 2.35. The third-order valence-electron chi connectivity index (χ3n) is 5.47. The molecule has 1 aliphatic carbocycles. The summed E-state index contributed by atoms with van der Waals surface area (Å²) in [4.78, 5) is 11.4. The largest absolute Gasteiger partial charge is 0.481 e. The Morgan fingerprint density at radius 3 is 2.86 bits per heavy atom. The first-order chi connectivity index (χ1) is 14.0. The van der Waals surface area contributed by atoms with Crippen LogP contribution in [0.25, 0.3) is 10.1 Å². The molecule has 0 spiro atoms. The molecule has 0 bridgehead atoms. The molecule has 2 aromatic rings. The summed E-state index contributed by atoms with van der Waals surface area (Å²) in [6.07, 6.45) is 9.47. The van der Waals surface area contributed by atoms with Crippen LogP contribution in [-0.4, -0.2) is 27.4 Å². The lowest BCUT2D eigenvalue weighted by atomic mass is 9.89. The summed E-state index contributed by atoms with van der Waals surface area (Å²) >= 11 is 1.58. The van der Waals surface area contributed by atoms with Crippen molar-refractivity contribution in [3.05, 3.63) is 71.7 Å². The maximum Gasteiger partial charge on any atom is 0.303 e. The van der Waals surface area contributed by atoms with E-state index in [1.807, 2.05) is 42.5 Å². The normalized spacial score (nSPS) is 23.5. The van der Waals surface area contributed by atoms with E-state index in [-0.39, 0.29) is 18.3 Å². The molecule has 3 rings (SSSR count). The predicted octanol–water partition coefficient (Wildman–Crippen LogP) is 5.25. The van der Waals surface area contributed by atoms with Gasteiger partial charge in [0.05, 0.1) is 6.10 Å². The fraction of sp³-hybridized carbons (Fsp3) is 0.375. The highest BCUT2D eigenvalue weighted by molar-refractivity contribution is 7.19. The number of hydrogen-bond donors (Lipinski definition) is 3. The van der Waals surface area contributed by atoms with E-state index in [4.69, 9.17) is 5.11 Å². The summed E-state index contributed by atoms with van der Waals surface area (Å²) in [6.45, 7) is 4.12. The SMILES string of the molecule is C=C1C[C@@H](O)[C@H](/C=C/[C@@H](O)c2cc3ccccc3s2)[C@H]1C/C=C\CCCC(=O)O. The first-order valence-electron chi connectivity index (χ1n) is 10.0. The lowest BCUT2D eigenvalue weighted by Gasteiger charge is -2.18. The third kappa shape index (κ3) is 5.66. The Morgan fingerprint density at radius 1 is 1.31 bits per heavy atom. The van der Waals surface area contributed by atoms with Gasteiger partial charge in [0, 0.05) is 21.9 Å². The summed E-state index contributed by atoms with van der Waals surface area (Å²) in [5, 5.41) is 30.8. The number of benzene rings is 1. The molecule has 1 fully saturated rings. The van der Waals surface area contributed by atoms with Crippen LogP contribution in [0.1, 0.15) is 43.1 Å². The van der Waals surface area contributed by atoms with Crippen molar-refractivity contribution in [2.45, 2.75) is 44.3 Å². The molecule has 3 N–H and O–H groups in total. The molecule has 1 aromatic heterocycles. The smallest absolute Gasteiger partial charge is 0.303 e. The summed E-state index contributed by atoms with van der Waals surface area (Å²) in [5.41, 5.74) is 1.03. The van der Waals surface area contributed by atoms with Gasteiger partial charge in [0.2, 0.25) is 0 Å². The van der Waals surface area contributed by atoms with Crippen molar-refractivity contribution < 1.29 is 20.1 Å². The lowest BCUT2D eigenvalue weighted by Crippen LogP contribution is -2.17. The van der Waals surface area contributed by atoms with Gasteiger partial charge < -0.3 is 15.3 Å². The highest BCUT2D eigenvalue weighted by Crippen LogP contribution is 2.40. The molecule has 0 aliphatic heterocycles. The minimum Gasteiger partial charge on any atom is -0.481 e. The molecule has 0 unspecified atom stereocenters. The molecule has 29 heavy (non-hydrogen) atoms.